The highest BCUT2D eigenvalue weighted by Crippen LogP contribution is 2.25. The van der Waals surface area contributed by atoms with Crippen molar-refractivity contribution in [1.29, 1.82) is 0 Å². The lowest BCUT2D eigenvalue weighted by Crippen LogP contribution is -2.26. The molecule has 2 aromatic carbocycles. The van der Waals surface area contributed by atoms with Gasteiger partial charge in [-0.05, 0) is 58.2 Å². The molecule has 0 aromatic heterocycles. The topological polar surface area (TPSA) is 100 Å². The molecule has 0 fully saturated rings. The number of hydrogen-bond donors (Lipinski definition) is 3. The van der Waals surface area contributed by atoms with Crippen molar-refractivity contribution in [2.75, 3.05) is 13.7 Å². The Kier molecular flexibility index (Phi) is 7.81. The Bertz CT molecular complexity index is 839. The van der Waals surface area contributed by atoms with E-state index in [0.717, 1.165) is 4.47 Å². The van der Waals surface area contributed by atoms with Gasteiger partial charge in [0.05, 0.1) is 18.9 Å². The van der Waals surface area contributed by atoms with Crippen LogP contribution in [0.1, 0.15) is 28.8 Å². The minimum atomic E-state index is -0.257. The molecule has 0 bridgehead atoms. The fraction of sp³-hybridized carbons (Fsp3) is 0.211. The van der Waals surface area contributed by atoms with Gasteiger partial charge in [0.25, 0.3) is 5.91 Å². The van der Waals surface area contributed by atoms with Gasteiger partial charge in [0.1, 0.15) is 0 Å². The predicted octanol–water partition coefficient (Wildman–Crippen LogP) is 2.82. The maximum Gasteiger partial charge on any atom is 0.252 e. The standard InChI is InChI=1S/C19H20BrN3O4/c1-27-17-11-13(8-9-16(17)24)12-22-23-18(25)7-4-10-21-19(26)14-5-2-3-6-15(14)20/h2-3,5-6,8-9,11-12,24H,4,7,10H2,1H3,(H,21,26)(H,23,25). The third-order valence-electron chi connectivity index (χ3n) is 3.59. The second-order valence-corrected chi connectivity index (χ2v) is 6.42. The van der Waals surface area contributed by atoms with E-state index in [0.29, 0.717) is 29.8 Å². The van der Waals surface area contributed by atoms with Gasteiger partial charge in [0, 0.05) is 17.4 Å². The first-order valence-corrected chi connectivity index (χ1v) is 9.02. The second kappa shape index (κ2) is 10.3. The number of hydrogen-bond acceptors (Lipinski definition) is 5. The number of phenols is 1. The van der Waals surface area contributed by atoms with Crippen LogP contribution in [0.2, 0.25) is 0 Å². The monoisotopic (exact) mass is 433 g/mol. The van der Waals surface area contributed by atoms with Gasteiger partial charge in [-0.2, -0.15) is 5.10 Å². The fourth-order valence-electron chi connectivity index (χ4n) is 2.20. The summed E-state index contributed by atoms with van der Waals surface area (Å²) in [7, 11) is 1.45. The zero-order chi connectivity index (χ0) is 19.6. The maximum atomic E-state index is 12.0. The molecular weight excluding hydrogens is 414 g/mol. The van der Waals surface area contributed by atoms with Crippen LogP contribution in [0.4, 0.5) is 0 Å². The molecule has 8 heteroatoms. The van der Waals surface area contributed by atoms with Gasteiger partial charge >= 0.3 is 0 Å². The number of phenolic OH excluding ortho intramolecular Hbond substituents is 1. The summed E-state index contributed by atoms with van der Waals surface area (Å²) in [6, 6.07) is 11.9. The van der Waals surface area contributed by atoms with Gasteiger partial charge in [0.15, 0.2) is 11.5 Å². The van der Waals surface area contributed by atoms with E-state index in [4.69, 9.17) is 4.74 Å². The zero-order valence-electron chi connectivity index (χ0n) is 14.7. The van der Waals surface area contributed by atoms with Gasteiger partial charge < -0.3 is 15.2 Å². The van der Waals surface area contributed by atoms with Crippen molar-refractivity contribution in [3.8, 4) is 11.5 Å². The Morgan fingerprint density at radius 2 is 2.04 bits per heavy atom. The maximum absolute atomic E-state index is 12.0. The highest BCUT2D eigenvalue weighted by Gasteiger charge is 2.08. The summed E-state index contributed by atoms with van der Waals surface area (Å²) in [6.07, 6.45) is 2.17. The van der Waals surface area contributed by atoms with Crippen molar-refractivity contribution in [2.45, 2.75) is 12.8 Å². The second-order valence-electron chi connectivity index (χ2n) is 5.56. The van der Waals surface area contributed by atoms with Crippen LogP contribution in [-0.2, 0) is 4.79 Å². The molecule has 0 saturated carbocycles. The van der Waals surface area contributed by atoms with Crippen LogP contribution in [0.25, 0.3) is 0 Å². The van der Waals surface area contributed by atoms with Gasteiger partial charge in [-0.1, -0.05) is 12.1 Å². The minimum absolute atomic E-state index is 0.0308. The van der Waals surface area contributed by atoms with Crippen LogP contribution in [0.3, 0.4) is 0 Å². The molecule has 142 valence electrons. The molecule has 2 rings (SSSR count). The molecule has 7 nitrogen and oxygen atoms in total. The number of amides is 2. The zero-order valence-corrected chi connectivity index (χ0v) is 16.3. The molecule has 27 heavy (non-hydrogen) atoms. The normalized spacial score (nSPS) is 10.6. The highest BCUT2D eigenvalue weighted by atomic mass is 79.9. The quantitative estimate of drug-likeness (QED) is 0.338. The fourth-order valence-corrected chi connectivity index (χ4v) is 2.67. The van der Waals surface area contributed by atoms with Crippen LogP contribution < -0.4 is 15.5 Å². The molecule has 2 aromatic rings. The SMILES string of the molecule is COc1cc(C=NNC(=O)CCCNC(=O)c2ccccc2Br)ccc1O. The first-order valence-electron chi connectivity index (χ1n) is 8.23. The van der Waals surface area contributed by atoms with Crippen LogP contribution >= 0.6 is 15.9 Å². The Labute approximate surface area is 165 Å². The highest BCUT2D eigenvalue weighted by molar-refractivity contribution is 9.10. The number of hydrazone groups is 1. The van der Waals surface area contributed by atoms with Gasteiger partial charge in [0.2, 0.25) is 5.91 Å². The molecule has 0 radical (unpaired) electrons. The number of halogens is 1. The number of rotatable bonds is 8. The van der Waals surface area contributed by atoms with Crippen LogP contribution in [0.5, 0.6) is 11.5 Å². The molecule has 2 amide bonds. The summed E-state index contributed by atoms with van der Waals surface area (Å²) in [5.41, 5.74) is 3.64. The number of nitrogens with one attached hydrogen (secondary N) is 2. The summed E-state index contributed by atoms with van der Waals surface area (Å²) in [6.45, 7) is 0.381. The Morgan fingerprint density at radius 1 is 1.26 bits per heavy atom. The Hall–Kier alpha value is -2.87. The lowest BCUT2D eigenvalue weighted by Gasteiger charge is -2.06. The van der Waals surface area contributed by atoms with Crippen molar-refractivity contribution >= 4 is 34.0 Å². The molecule has 0 aliphatic rings. The molecular formula is C19H20BrN3O4. The molecule has 3 N–H and O–H groups in total. The molecule has 0 heterocycles. The molecule has 0 saturated heterocycles. The predicted molar refractivity (Wildman–Crippen MR) is 106 cm³/mol. The third-order valence-corrected chi connectivity index (χ3v) is 4.28. The smallest absolute Gasteiger partial charge is 0.252 e. The van der Waals surface area contributed by atoms with Crippen molar-refractivity contribution in [3.63, 3.8) is 0 Å². The Balaban J connectivity index is 1.70. The number of carbonyl (C=O) groups excluding carboxylic acids is 2. The van der Waals surface area contributed by atoms with Crippen molar-refractivity contribution in [3.05, 3.63) is 58.1 Å². The molecule has 0 aliphatic carbocycles. The summed E-state index contributed by atoms with van der Waals surface area (Å²) in [4.78, 5) is 23.8. The van der Waals surface area contributed by atoms with E-state index in [1.165, 1.54) is 19.4 Å². The summed E-state index contributed by atoms with van der Waals surface area (Å²) in [5, 5.41) is 16.2. The third kappa shape index (κ3) is 6.41. The molecule has 0 atom stereocenters. The lowest BCUT2D eigenvalue weighted by molar-refractivity contribution is -0.121. The van der Waals surface area contributed by atoms with Gasteiger partial charge in [-0.15, -0.1) is 0 Å². The van der Waals surface area contributed by atoms with E-state index in [-0.39, 0.29) is 24.0 Å². The van der Waals surface area contributed by atoms with E-state index in [9.17, 15) is 14.7 Å². The van der Waals surface area contributed by atoms with E-state index < -0.39 is 0 Å². The lowest BCUT2D eigenvalue weighted by atomic mass is 10.2. The number of ether oxygens (including phenoxy) is 1. The average molecular weight is 434 g/mol. The Morgan fingerprint density at radius 3 is 2.78 bits per heavy atom. The minimum Gasteiger partial charge on any atom is -0.504 e. The van der Waals surface area contributed by atoms with E-state index in [1.807, 2.05) is 6.07 Å². The van der Waals surface area contributed by atoms with Crippen molar-refractivity contribution < 1.29 is 19.4 Å². The largest absolute Gasteiger partial charge is 0.504 e. The summed E-state index contributed by atoms with van der Waals surface area (Å²) >= 11 is 3.33. The number of carbonyl (C=O) groups is 2. The van der Waals surface area contributed by atoms with Crippen molar-refractivity contribution in [2.24, 2.45) is 5.10 Å². The van der Waals surface area contributed by atoms with Crippen LogP contribution in [-0.4, -0.2) is 36.8 Å². The molecule has 0 aliphatic heterocycles. The summed E-state index contributed by atoms with van der Waals surface area (Å²) < 4.78 is 5.72. The van der Waals surface area contributed by atoms with Crippen LogP contribution in [0.15, 0.2) is 52.0 Å². The number of aromatic hydroxyl groups is 1. The average Bonchev–Trinajstić information content (AvgIpc) is 2.66. The number of nitrogens with zero attached hydrogens (tertiary/aromatic N) is 1. The van der Waals surface area contributed by atoms with E-state index in [1.54, 1.807) is 30.3 Å². The van der Waals surface area contributed by atoms with Gasteiger partial charge in [-0.25, -0.2) is 5.43 Å². The first-order chi connectivity index (χ1) is 13.0. The number of benzene rings is 2. The molecule has 0 spiro atoms. The first kappa shape index (κ1) is 20.4. The van der Waals surface area contributed by atoms with Crippen molar-refractivity contribution in [1.82, 2.24) is 10.7 Å². The number of methoxy groups -OCH3 is 1. The summed E-state index contributed by atoms with van der Waals surface area (Å²) in [5.74, 6) is -0.0938. The van der Waals surface area contributed by atoms with Crippen LogP contribution in [0, 0.1) is 0 Å². The van der Waals surface area contributed by atoms with E-state index >= 15 is 0 Å². The molecule has 0 unspecified atom stereocenters. The van der Waals surface area contributed by atoms with Gasteiger partial charge in [-0.3, -0.25) is 9.59 Å². The van der Waals surface area contributed by atoms with E-state index in [2.05, 4.69) is 31.8 Å².